The van der Waals surface area contributed by atoms with Crippen molar-refractivity contribution in [2.24, 2.45) is 10.1 Å². The van der Waals surface area contributed by atoms with Crippen LogP contribution in [0.2, 0.25) is 0 Å². The Hall–Kier alpha value is -3.85. The van der Waals surface area contributed by atoms with Crippen molar-refractivity contribution in [2.75, 3.05) is 26.3 Å². The van der Waals surface area contributed by atoms with E-state index in [0.717, 1.165) is 39.6 Å². The summed E-state index contributed by atoms with van der Waals surface area (Å²) < 4.78 is 13.3. The summed E-state index contributed by atoms with van der Waals surface area (Å²) in [6.45, 7) is 2.02. The Morgan fingerprint density at radius 1 is 1.10 bits per heavy atom. The first-order valence-corrected chi connectivity index (χ1v) is 14.6. The smallest absolute Gasteiger partial charge is 0.255 e. The zero-order chi connectivity index (χ0) is 28.7. The zero-order valence-electron chi connectivity index (χ0n) is 22.7. The van der Waals surface area contributed by atoms with Crippen LogP contribution in [0.3, 0.4) is 0 Å². The lowest BCUT2D eigenvalue weighted by atomic mass is 9.80. The fraction of sp³-hybridized carbons (Fsp3) is 0.355. The second-order valence-corrected chi connectivity index (χ2v) is 11.1. The number of rotatable bonds is 11. The maximum atomic E-state index is 14.5. The van der Waals surface area contributed by atoms with Gasteiger partial charge in [0.25, 0.3) is 5.91 Å². The van der Waals surface area contributed by atoms with Crippen molar-refractivity contribution in [3.63, 3.8) is 0 Å². The van der Waals surface area contributed by atoms with Crippen LogP contribution in [-0.4, -0.2) is 53.7 Å². The SMILES string of the molecule is [N-]=[N+]=NCc1ccccc1C[C@@]1(C(=O)N2CCCC2)N=C(c2ccc(OCCCO)cc2)O[C@@H]1c1ccc(Br)cc1. The van der Waals surface area contributed by atoms with Crippen LogP contribution in [0.15, 0.2) is 87.4 Å². The number of azide groups is 1. The predicted molar refractivity (Wildman–Crippen MR) is 160 cm³/mol. The van der Waals surface area contributed by atoms with Crippen LogP contribution in [0.25, 0.3) is 10.4 Å². The van der Waals surface area contributed by atoms with E-state index in [4.69, 9.17) is 25.1 Å². The number of aliphatic imine (C=N–C) groups is 1. The number of halogens is 1. The Morgan fingerprint density at radius 3 is 2.49 bits per heavy atom. The van der Waals surface area contributed by atoms with Gasteiger partial charge < -0.3 is 19.5 Å². The molecule has 2 aliphatic heterocycles. The Morgan fingerprint density at radius 2 is 1.80 bits per heavy atom. The summed E-state index contributed by atoms with van der Waals surface area (Å²) in [6, 6.07) is 22.9. The number of amides is 1. The topological polar surface area (TPSA) is 120 Å². The van der Waals surface area contributed by atoms with E-state index in [9.17, 15) is 4.79 Å². The van der Waals surface area contributed by atoms with E-state index in [1.807, 2.05) is 77.7 Å². The lowest BCUT2D eigenvalue weighted by Gasteiger charge is -2.34. The first-order chi connectivity index (χ1) is 20.0. The molecule has 0 saturated carbocycles. The average molecular weight is 619 g/mol. The molecule has 1 N–H and O–H groups in total. The molecule has 10 heteroatoms. The van der Waals surface area contributed by atoms with E-state index in [0.29, 0.717) is 37.8 Å². The molecule has 3 aromatic rings. The van der Waals surface area contributed by atoms with Gasteiger partial charge in [0, 0.05) is 47.5 Å². The van der Waals surface area contributed by atoms with Crippen molar-refractivity contribution in [2.45, 2.75) is 43.9 Å². The third-order valence-corrected chi connectivity index (χ3v) is 7.98. The molecule has 212 valence electrons. The molecule has 2 atom stereocenters. The molecule has 0 spiro atoms. The number of aliphatic hydroxyl groups is 1. The minimum absolute atomic E-state index is 0.0687. The molecular weight excluding hydrogens is 586 g/mol. The maximum Gasteiger partial charge on any atom is 0.255 e. The van der Waals surface area contributed by atoms with Gasteiger partial charge in [-0.05, 0) is 71.5 Å². The normalized spacial score (nSPS) is 19.8. The molecule has 1 saturated heterocycles. The van der Waals surface area contributed by atoms with Crippen molar-refractivity contribution >= 4 is 27.7 Å². The van der Waals surface area contributed by atoms with Crippen LogP contribution in [0.1, 0.15) is 47.6 Å². The van der Waals surface area contributed by atoms with Crippen LogP contribution in [0, 0.1) is 0 Å². The molecule has 0 aliphatic carbocycles. The van der Waals surface area contributed by atoms with Gasteiger partial charge in [-0.1, -0.05) is 57.4 Å². The molecule has 1 fully saturated rings. The molecule has 5 rings (SSSR count). The predicted octanol–water partition coefficient (Wildman–Crippen LogP) is 6.14. The van der Waals surface area contributed by atoms with Gasteiger partial charge >= 0.3 is 0 Å². The lowest BCUT2D eigenvalue weighted by molar-refractivity contribution is -0.138. The van der Waals surface area contributed by atoms with Crippen LogP contribution in [0.5, 0.6) is 5.75 Å². The number of nitrogens with zero attached hydrogens (tertiary/aromatic N) is 5. The molecule has 0 radical (unpaired) electrons. The second-order valence-electron chi connectivity index (χ2n) is 10.2. The molecule has 3 aromatic carbocycles. The Balaban J connectivity index is 1.60. The van der Waals surface area contributed by atoms with Gasteiger partial charge in [0.2, 0.25) is 5.90 Å². The number of benzene rings is 3. The van der Waals surface area contributed by atoms with E-state index in [-0.39, 0.29) is 25.5 Å². The minimum Gasteiger partial charge on any atom is -0.494 e. The van der Waals surface area contributed by atoms with Crippen LogP contribution in [-0.2, 0) is 22.5 Å². The standard InChI is InChI=1S/C31H32BrN5O4/c32-26-12-8-22(9-13-26)28-31(30(39)37-16-3-4-17-37,20-24-6-1-2-7-25(24)21-34-36-33)35-29(41-28)23-10-14-27(15-11-23)40-19-5-18-38/h1-2,6-15,28,38H,3-5,16-21H2/t28-,31-/m1/s1. The molecule has 2 heterocycles. The number of hydrogen-bond donors (Lipinski definition) is 1. The number of likely N-dealkylation sites (tertiary alicyclic amines) is 1. The lowest BCUT2D eigenvalue weighted by Crippen LogP contribution is -2.51. The molecule has 1 amide bonds. The summed E-state index contributed by atoms with van der Waals surface area (Å²) in [5.74, 6) is 0.997. The molecule has 0 aromatic heterocycles. The molecule has 41 heavy (non-hydrogen) atoms. The fourth-order valence-electron chi connectivity index (χ4n) is 5.38. The van der Waals surface area contributed by atoms with Gasteiger partial charge in [0.1, 0.15) is 5.75 Å². The van der Waals surface area contributed by atoms with E-state index in [1.165, 1.54) is 0 Å². The fourth-order valence-corrected chi connectivity index (χ4v) is 5.65. The first kappa shape index (κ1) is 28.7. The van der Waals surface area contributed by atoms with Crippen molar-refractivity contribution in [1.82, 2.24) is 4.90 Å². The summed E-state index contributed by atoms with van der Waals surface area (Å²) in [6.07, 6.45) is 2.06. The minimum atomic E-state index is -1.27. The van der Waals surface area contributed by atoms with Gasteiger partial charge in [-0.3, -0.25) is 4.79 Å². The third kappa shape index (κ3) is 6.40. The molecule has 9 nitrogen and oxygen atoms in total. The van der Waals surface area contributed by atoms with Crippen LogP contribution in [0.4, 0.5) is 0 Å². The van der Waals surface area contributed by atoms with Gasteiger partial charge in [0.15, 0.2) is 11.6 Å². The number of carbonyl (C=O) groups is 1. The van der Waals surface area contributed by atoms with Crippen molar-refractivity contribution in [3.05, 3.63) is 110 Å². The summed E-state index contributed by atoms with van der Waals surface area (Å²) in [5.41, 5.74) is 11.0. The van der Waals surface area contributed by atoms with Gasteiger partial charge in [0.05, 0.1) is 13.2 Å². The highest BCUT2D eigenvalue weighted by molar-refractivity contribution is 9.10. The van der Waals surface area contributed by atoms with Crippen molar-refractivity contribution < 1.29 is 19.4 Å². The molecule has 2 aliphatic rings. The van der Waals surface area contributed by atoms with Crippen LogP contribution < -0.4 is 4.74 Å². The molecule has 0 unspecified atom stereocenters. The van der Waals surface area contributed by atoms with Gasteiger partial charge in [-0.25, -0.2) is 4.99 Å². The maximum absolute atomic E-state index is 14.5. The third-order valence-electron chi connectivity index (χ3n) is 7.46. The summed E-state index contributed by atoms with van der Waals surface area (Å²) in [4.78, 5) is 24.5. The van der Waals surface area contributed by atoms with Crippen molar-refractivity contribution in [3.8, 4) is 5.75 Å². The Bertz CT molecular complexity index is 1430. The zero-order valence-corrected chi connectivity index (χ0v) is 24.2. The highest BCUT2D eigenvalue weighted by atomic mass is 79.9. The van der Waals surface area contributed by atoms with Crippen LogP contribution >= 0.6 is 15.9 Å². The van der Waals surface area contributed by atoms with Gasteiger partial charge in [-0.2, -0.15) is 0 Å². The van der Waals surface area contributed by atoms with Crippen molar-refractivity contribution in [1.29, 1.82) is 0 Å². The number of carbonyl (C=O) groups excluding carboxylic acids is 1. The number of hydrogen-bond acceptors (Lipinski definition) is 6. The average Bonchev–Trinajstić information content (AvgIpc) is 3.67. The number of ether oxygens (including phenoxy) is 2. The van der Waals surface area contributed by atoms with E-state index < -0.39 is 11.6 Å². The first-order valence-electron chi connectivity index (χ1n) is 13.8. The summed E-state index contributed by atoms with van der Waals surface area (Å²) in [5, 5.41) is 12.8. The summed E-state index contributed by atoms with van der Waals surface area (Å²) >= 11 is 3.52. The van der Waals surface area contributed by atoms with E-state index >= 15 is 0 Å². The highest BCUT2D eigenvalue weighted by Gasteiger charge is 2.55. The Kier molecular flexibility index (Phi) is 9.24. The quantitative estimate of drug-likeness (QED) is 0.120. The van der Waals surface area contributed by atoms with E-state index in [1.54, 1.807) is 0 Å². The molecule has 0 bridgehead atoms. The second kappa shape index (κ2) is 13.2. The molecular formula is C31H32BrN5O4. The monoisotopic (exact) mass is 617 g/mol. The van der Waals surface area contributed by atoms with Gasteiger partial charge in [-0.15, -0.1) is 0 Å². The largest absolute Gasteiger partial charge is 0.494 e. The summed E-state index contributed by atoms with van der Waals surface area (Å²) in [7, 11) is 0. The highest BCUT2D eigenvalue weighted by Crippen LogP contribution is 2.44. The van der Waals surface area contributed by atoms with E-state index in [2.05, 4.69) is 26.0 Å². The Labute approximate surface area is 247 Å². The number of aliphatic hydroxyl groups excluding tert-OH is 1.